The van der Waals surface area contributed by atoms with Gasteiger partial charge in [0.15, 0.2) is 0 Å². The van der Waals surface area contributed by atoms with Crippen molar-refractivity contribution >= 4 is 22.7 Å². The number of benzene rings is 2. The highest BCUT2D eigenvalue weighted by Gasteiger charge is 2.49. The Morgan fingerprint density at radius 1 is 1.14 bits per heavy atom. The van der Waals surface area contributed by atoms with Gasteiger partial charge in [-0.25, -0.2) is 4.79 Å². The van der Waals surface area contributed by atoms with Gasteiger partial charge in [-0.2, -0.15) is 0 Å². The zero-order valence-corrected chi connectivity index (χ0v) is 16.0. The lowest BCUT2D eigenvalue weighted by Gasteiger charge is -2.23. The number of aliphatic hydroxyl groups is 1. The minimum absolute atomic E-state index is 0.0234. The average molecular weight is 394 g/mol. The van der Waals surface area contributed by atoms with Crippen LogP contribution >= 0.6 is 0 Å². The number of ether oxygens (including phenoxy) is 1. The average Bonchev–Trinajstić information content (AvgIpc) is 3.31. The van der Waals surface area contributed by atoms with Gasteiger partial charge >= 0.3 is 6.03 Å². The van der Waals surface area contributed by atoms with Crippen LogP contribution in [-0.2, 0) is 21.7 Å². The number of urea groups is 1. The van der Waals surface area contributed by atoms with E-state index in [4.69, 9.17) is 9.15 Å². The van der Waals surface area contributed by atoms with Crippen molar-refractivity contribution in [2.75, 3.05) is 13.2 Å². The summed E-state index contributed by atoms with van der Waals surface area (Å²) in [6.07, 6.45) is 0.536. The van der Waals surface area contributed by atoms with Gasteiger partial charge < -0.3 is 19.6 Å². The van der Waals surface area contributed by atoms with Crippen LogP contribution in [-0.4, -0.2) is 41.2 Å². The van der Waals surface area contributed by atoms with E-state index in [-0.39, 0.29) is 19.8 Å². The van der Waals surface area contributed by atoms with Crippen molar-refractivity contribution < 1.29 is 23.8 Å². The maximum atomic E-state index is 13.0. The van der Waals surface area contributed by atoms with E-state index in [1.807, 2.05) is 42.5 Å². The molecule has 1 aromatic heterocycles. The Labute approximate surface area is 167 Å². The van der Waals surface area contributed by atoms with Crippen LogP contribution in [0.25, 0.3) is 10.8 Å². The number of imide groups is 1. The van der Waals surface area contributed by atoms with Gasteiger partial charge in [0.25, 0.3) is 5.91 Å². The number of amides is 3. The molecule has 1 aliphatic heterocycles. The molecule has 0 saturated carbocycles. The monoisotopic (exact) mass is 394 g/mol. The summed E-state index contributed by atoms with van der Waals surface area (Å²) in [6, 6.07) is 16.5. The fraction of sp³-hybridized carbons (Fsp3) is 0.273. The van der Waals surface area contributed by atoms with E-state index in [9.17, 15) is 14.7 Å². The fourth-order valence-corrected chi connectivity index (χ4v) is 3.51. The fourth-order valence-electron chi connectivity index (χ4n) is 3.51. The van der Waals surface area contributed by atoms with Crippen LogP contribution in [0.3, 0.4) is 0 Å². The molecule has 0 spiro atoms. The normalized spacial score (nSPS) is 20.3. The van der Waals surface area contributed by atoms with E-state index in [0.29, 0.717) is 11.3 Å². The van der Waals surface area contributed by atoms with Gasteiger partial charge in [0.05, 0.1) is 25.5 Å². The summed E-state index contributed by atoms with van der Waals surface area (Å²) in [7, 11) is 0. The molecule has 4 rings (SSSR count). The molecular formula is C22H22N2O5. The summed E-state index contributed by atoms with van der Waals surface area (Å²) >= 11 is 0. The summed E-state index contributed by atoms with van der Waals surface area (Å²) in [6.45, 7) is 1.71. The van der Waals surface area contributed by atoms with E-state index in [1.165, 1.54) is 6.26 Å². The standard InChI is InChI=1S/C22H22N2O5/c1-22(17-9-8-15-5-2-3-6-16(15)11-17)20(26)24(21(27)23-22)12-18(25)13-28-14-19-7-4-10-29-19/h2-11,18,25H,12-14H2,1H3,(H,23,27). The Morgan fingerprint density at radius 2 is 1.93 bits per heavy atom. The zero-order chi connectivity index (χ0) is 20.4. The quantitative estimate of drug-likeness (QED) is 0.601. The highest BCUT2D eigenvalue weighted by Crippen LogP contribution is 2.31. The molecule has 2 atom stereocenters. The summed E-state index contributed by atoms with van der Waals surface area (Å²) in [5.74, 6) is 0.235. The molecule has 2 heterocycles. The molecule has 150 valence electrons. The molecule has 1 aliphatic rings. The minimum Gasteiger partial charge on any atom is -0.467 e. The number of β-amino-alcohol motifs (C(OH)–C–C–N with tert-alkyl or cyclic N) is 1. The predicted octanol–water partition coefficient (Wildman–Crippen LogP) is 2.78. The molecule has 7 heteroatoms. The molecule has 2 aromatic carbocycles. The van der Waals surface area contributed by atoms with Crippen molar-refractivity contribution in [2.24, 2.45) is 0 Å². The first kappa shape index (κ1) is 19.2. The van der Waals surface area contributed by atoms with Crippen LogP contribution in [0, 0.1) is 0 Å². The molecule has 0 aliphatic carbocycles. The van der Waals surface area contributed by atoms with Crippen molar-refractivity contribution in [1.29, 1.82) is 0 Å². The Morgan fingerprint density at radius 3 is 2.69 bits per heavy atom. The number of nitrogens with one attached hydrogen (secondary N) is 1. The highest BCUT2D eigenvalue weighted by molar-refractivity contribution is 6.07. The Bertz CT molecular complexity index is 1030. The van der Waals surface area contributed by atoms with E-state index < -0.39 is 23.6 Å². The van der Waals surface area contributed by atoms with Crippen molar-refractivity contribution in [3.8, 4) is 0 Å². The lowest BCUT2D eigenvalue weighted by atomic mass is 9.90. The van der Waals surface area contributed by atoms with E-state index >= 15 is 0 Å². The number of fused-ring (bicyclic) bond motifs is 1. The van der Waals surface area contributed by atoms with E-state index in [0.717, 1.165) is 15.7 Å². The summed E-state index contributed by atoms with van der Waals surface area (Å²) in [5, 5.41) is 15.0. The van der Waals surface area contributed by atoms with Gasteiger partial charge in [-0.3, -0.25) is 9.69 Å². The van der Waals surface area contributed by atoms with Crippen LogP contribution in [0.2, 0.25) is 0 Å². The van der Waals surface area contributed by atoms with Gasteiger partial charge in [-0.05, 0) is 41.5 Å². The third kappa shape index (κ3) is 3.74. The van der Waals surface area contributed by atoms with Crippen LogP contribution in [0.1, 0.15) is 18.2 Å². The second-order valence-corrected chi connectivity index (χ2v) is 7.28. The zero-order valence-electron chi connectivity index (χ0n) is 16.0. The molecule has 7 nitrogen and oxygen atoms in total. The smallest absolute Gasteiger partial charge is 0.325 e. The van der Waals surface area contributed by atoms with Crippen molar-refractivity contribution in [3.05, 3.63) is 72.2 Å². The first-order valence-electron chi connectivity index (χ1n) is 9.39. The lowest BCUT2D eigenvalue weighted by molar-refractivity contribution is -0.132. The molecular weight excluding hydrogens is 372 g/mol. The predicted molar refractivity (Wildman–Crippen MR) is 106 cm³/mol. The van der Waals surface area contributed by atoms with Gasteiger partial charge in [-0.1, -0.05) is 36.4 Å². The van der Waals surface area contributed by atoms with Crippen LogP contribution in [0.15, 0.2) is 65.3 Å². The Hall–Kier alpha value is -3.16. The maximum absolute atomic E-state index is 13.0. The second-order valence-electron chi connectivity index (χ2n) is 7.28. The molecule has 0 bridgehead atoms. The topological polar surface area (TPSA) is 92.0 Å². The number of aliphatic hydroxyl groups excluding tert-OH is 1. The van der Waals surface area contributed by atoms with Gasteiger partial charge in [-0.15, -0.1) is 0 Å². The number of rotatable bonds is 7. The number of hydrogen-bond acceptors (Lipinski definition) is 5. The Kier molecular flexibility index (Phi) is 5.08. The molecule has 1 fully saturated rings. The summed E-state index contributed by atoms with van der Waals surface area (Å²) in [5.41, 5.74) is -0.490. The maximum Gasteiger partial charge on any atom is 0.325 e. The first-order chi connectivity index (χ1) is 14.0. The number of carbonyl (C=O) groups is 2. The van der Waals surface area contributed by atoms with Crippen molar-refractivity contribution in [3.63, 3.8) is 0 Å². The molecule has 1 saturated heterocycles. The second kappa shape index (κ2) is 7.69. The van der Waals surface area contributed by atoms with Crippen molar-refractivity contribution in [1.82, 2.24) is 10.2 Å². The molecule has 2 unspecified atom stereocenters. The SMILES string of the molecule is CC1(c2ccc3ccccc3c2)NC(=O)N(CC(O)COCc2ccco2)C1=O. The van der Waals surface area contributed by atoms with Gasteiger partial charge in [0, 0.05) is 0 Å². The van der Waals surface area contributed by atoms with Crippen LogP contribution < -0.4 is 5.32 Å². The molecule has 3 amide bonds. The molecule has 2 N–H and O–H groups in total. The highest BCUT2D eigenvalue weighted by atomic mass is 16.5. The minimum atomic E-state index is -1.18. The summed E-state index contributed by atoms with van der Waals surface area (Å²) in [4.78, 5) is 26.5. The third-order valence-electron chi connectivity index (χ3n) is 5.13. The van der Waals surface area contributed by atoms with E-state index in [1.54, 1.807) is 19.1 Å². The third-order valence-corrected chi connectivity index (χ3v) is 5.13. The largest absolute Gasteiger partial charge is 0.467 e. The van der Waals surface area contributed by atoms with Gasteiger partial charge in [0.1, 0.15) is 17.9 Å². The van der Waals surface area contributed by atoms with Crippen molar-refractivity contribution in [2.45, 2.75) is 25.2 Å². The number of carbonyl (C=O) groups excluding carboxylic acids is 2. The van der Waals surface area contributed by atoms with E-state index in [2.05, 4.69) is 5.32 Å². The van der Waals surface area contributed by atoms with Gasteiger partial charge in [0.2, 0.25) is 0 Å². The number of hydrogen-bond donors (Lipinski definition) is 2. The molecule has 29 heavy (non-hydrogen) atoms. The number of furan rings is 1. The number of nitrogens with zero attached hydrogens (tertiary/aromatic N) is 1. The first-order valence-corrected chi connectivity index (χ1v) is 9.39. The van der Waals surface area contributed by atoms with Crippen LogP contribution in [0.5, 0.6) is 0 Å². The molecule has 0 radical (unpaired) electrons. The molecule has 3 aromatic rings. The van der Waals surface area contributed by atoms with Crippen LogP contribution in [0.4, 0.5) is 4.79 Å². The summed E-state index contributed by atoms with van der Waals surface area (Å²) < 4.78 is 10.5. The lowest BCUT2D eigenvalue weighted by Crippen LogP contribution is -2.42. The Balaban J connectivity index is 1.44.